The topological polar surface area (TPSA) is 12.4 Å². The summed E-state index contributed by atoms with van der Waals surface area (Å²) in [5, 5.41) is 0. The molecule has 88 valence electrons. The maximum Gasteiger partial charge on any atom is 0.0743 e. The summed E-state index contributed by atoms with van der Waals surface area (Å²) in [7, 11) is 0. The van der Waals surface area contributed by atoms with Gasteiger partial charge in [-0.25, -0.2) is 0 Å². The van der Waals surface area contributed by atoms with Crippen LogP contribution in [0.15, 0.2) is 65.7 Å². The summed E-state index contributed by atoms with van der Waals surface area (Å²) in [6.07, 6.45) is 0.953. The van der Waals surface area contributed by atoms with Gasteiger partial charge in [-0.05, 0) is 18.1 Å². The van der Waals surface area contributed by atoms with Crippen LogP contribution >= 0.6 is 0 Å². The smallest absolute Gasteiger partial charge is 0.0743 e. The predicted molar refractivity (Wildman–Crippen MR) is 77.4 cm³/mol. The summed E-state index contributed by atoms with van der Waals surface area (Å²) >= 11 is 0. The van der Waals surface area contributed by atoms with E-state index in [0.29, 0.717) is 0 Å². The molecule has 1 heterocycles. The second-order valence-electron chi connectivity index (χ2n) is 4.58. The number of hydrogen-bond acceptors (Lipinski definition) is 1. The van der Waals surface area contributed by atoms with E-state index in [9.17, 15) is 0 Å². The number of allylic oxidation sites excluding steroid dienone is 1. The molecule has 0 radical (unpaired) electrons. The molecule has 3 rings (SSSR count). The van der Waals surface area contributed by atoms with Gasteiger partial charge in [0, 0.05) is 17.7 Å². The van der Waals surface area contributed by atoms with Gasteiger partial charge in [0.05, 0.1) is 5.70 Å². The molecule has 1 aliphatic heterocycles. The van der Waals surface area contributed by atoms with Crippen molar-refractivity contribution in [3.63, 3.8) is 0 Å². The van der Waals surface area contributed by atoms with Gasteiger partial charge in [-0.1, -0.05) is 60.7 Å². The lowest BCUT2D eigenvalue weighted by Crippen LogP contribution is -1.88. The van der Waals surface area contributed by atoms with E-state index in [-0.39, 0.29) is 0 Å². The zero-order valence-corrected chi connectivity index (χ0v) is 10.4. The van der Waals surface area contributed by atoms with E-state index < -0.39 is 0 Å². The Morgan fingerprint density at radius 3 is 1.94 bits per heavy atom. The quantitative estimate of drug-likeness (QED) is 0.728. The van der Waals surface area contributed by atoms with Crippen molar-refractivity contribution in [2.45, 2.75) is 13.3 Å². The van der Waals surface area contributed by atoms with Crippen LogP contribution in [0.1, 0.15) is 24.5 Å². The second kappa shape index (κ2) is 4.61. The number of nitrogens with zero attached hydrogens (tertiary/aromatic N) is 1. The van der Waals surface area contributed by atoms with Crippen LogP contribution in [0.4, 0.5) is 0 Å². The molecule has 0 unspecified atom stereocenters. The molecule has 0 aromatic heterocycles. The molecular formula is C17H15N. The molecule has 0 fully saturated rings. The molecule has 0 bridgehead atoms. The first-order valence-electron chi connectivity index (χ1n) is 6.23. The summed E-state index contributed by atoms with van der Waals surface area (Å²) in [6, 6.07) is 21.0. The lowest BCUT2D eigenvalue weighted by Gasteiger charge is -2.06. The number of rotatable bonds is 2. The summed E-state index contributed by atoms with van der Waals surface area (Å²) in [4.78, 5) is 4.71. The Balaban J connectivity index is 2.12. The highest BCUT2D eigenvalue weighted by molar-refractivity contribution is 6.09. The Kier molecular flexibility index (Phi) is 2.81. The van der Waals surface area contributed by atoms with Crippen molar-refractivity contribution < 1.29 is 0 Å². The molecule has 0 amide bonds. The average molecular weight is 233 g/mol. The minimum Gasteiger partial charge on any atom is -0.257 e. The van der Waals surface area contributed by atoms with Crippen LogP contribution in [0.3, 0.4) is 0 Å². The third-order valence-corrected chi connectivity index (χ3v) is 3.19. The molecule has 0 atom stereocenters. The van der Waals surface area contributed by atoms with Crippen LogP contribution in [0.2, 0.25) is 0 Å². The highest BCUT2D eigenvalue weighted by Gasteiger charge is 2.17. The molecule has 2 aromatic carbocycles. The van der Waals surface area contributed by atoms with Crippen LogP contribution in [-0.2, 0) is 0 Å². The molecule has 0 spiro atoms. The van der Waals surface area contributed by atoms with Gasteiger partial charge in [0.15, 0.2) is 0 Å². The molecule has 1 aliphatic rings. The van der Waals surface area contributed by atoms with E-state index in [1.165, 1.54) is 22.4 Å². The Hall–Kier alpha value is -2.15. The standard InChI is InChI=1S/C17H15N/c1-13-12-16(14-8-4-2-5-9-14)17(18-13)15-10-6-3-7-11-15/h2-11H,12H2,1H3. The molecule has 1 nitrogen and oxygen atoms in total. The third-order valence-electron chi connectivity index (χ3n) is 3.19. The Labute approximate surface area is 108 Å². The molecule has 18 heavy (non-hydrogen) atoms. The van der Waals surface area contributed by atoms with Gasteiger partial charge in [0.1, 0.15) is 0 Å². The van der Waals surface area contributed by atoms with E-state index in [4.69, 9.17) is 4.99 Å². The first-order chi connectivity index (χ1) is 8.84. The Morgan fingerprint density at radius 2 is 1.33 bits per heavy atom. The zero-order chi connectivity index (χ0) is 12.4. The lowest BCUT2D eigenvalue weighted by molar-refractivity contribution is 1.47. The highest BCUT2D eigenvalue weighted by atomic mass is 14.8. The van der Waals surface area contributed by atoms with E-state index in [1.54, 1.807) is 0 Å². The van der Waals surface area contributed by atoms with Crippen LogP contribution in [0.5, 0.6) is 0 Å². The monoisotopic (exact) mass is 233 g/mol. The molecular weight excluding hydrogens is 218 g/mol. The summed E-state index contributed by atoms with van der Waals surface area (Å²) in [6.45, 7) is 2.10. The van der Waals surface area contributed by atoms with Crippen molar-refractivity contribution in [1.29, 1.82) is 0 Å². The lowest BCUT2D eigenvalue weighted by atomic mass is 9.98. The fourth-order valence-electron chi connectivity index (χ4n) is 2.35. The number of hydrogen-bond donors (Lipinski definition) is 0. The van der Waals surface area contributed by atoms with Gasteiger partial charge in [-0.2, -0.15) is 0 Å². The van der Waals surface area contributed by atoms with Crippen LogP contribution in [0, 0.1) is 0 Å². The molecule has 0 saturated heterocycles. The SMILES string of the molecule is CC1=NC(c2ccccc2)=C(c2ccccc2)C1. The van der Waals surface area contributed by atoms with Crippen molar-refractivity contribution >= 4 is 17.0 Å². The fraction of sp³-hybridized carbons (Fsp3) is 0.118. The van der Waals surface area contributed by atoms with E-state index in [0.717, 1.165) is 12.1 Å². The van der Waals surface area contributed by atoms with Crippen molar-refractivity contribution in [1.82, 2.24) is 0 Å². The number of aliphatic imine (C=N–C) groups is 1. The van der Waals surface area contributed by atoms with Crippen molar-refractivity contribution in [3.8, 4) is 0 Å². The van der Waals surface area contributed by atoms with Crippen LogP contribution < -0.4 is 0 Å². The van der Waals surface area contributed by atoms with E-state index in [2.05, 4.69) is 61.5 Å². The van der Waals surface area contributed by atoms with Crippen LogP contribution in [0.25, 0.3) is 11.3 Å². The van der Waals surface area contributed by atoms with Crippen molar-refractivity contribution in [2.75, 3.05) is 0 Å². The first-order valence-corrected chi connectivity index (χ1v) is 6.23. The van der Waals surface area contributed by atoms with Gasteiger partial charge in [-0.3, -0.25) is 4.99 Å². The van der Waals surface area contributed by atoms with E-state index >= 15 is 0 Å². The van der Waals surface area contributed by atoms with Gasteiger partial charge in [0.2, 0.25) is 0 Å². The normalized spacial score (nSPS) is 14.8. The predicted octanol–water partition coefficient (Wildman–Crippen LogP) is 4.42. The van der Waals surface area contributed by atoms with Crippen molar-refractivity contribution in [2.24, 2.45) is 4.99 Å². The minimum atomic E-state index is 0.953. The number of benzene rings is 2. The third kappa shape index (κ3) is 2.00. The minimum absolute atomic E-state index is 0.953. The molecule has 0 aliphatic carbocycles. The Morgan fingerprint density at radius 1 is 0.778 bits per heavy atom. The average Bonchev–Trinajstić information content (AvgIpc) is 2.83. The first kappa shape index (κ1) is 11.0. The molecule has 1 heteroatoms. The van der Waals surface area contributed by atoms with Gasteiger partial charge >= 0.3 is 0 Å². The van der Waals surface area contributed by atoms with Gasteiger partial charge in [0.25, 0.3) is 0 Å². The summed E-state index contributed by atoms with van der Waals surface area (Å²) in [5.74, 6) is 0. The maximum absolute atomic E-state index is 4.71. The highest BCUT2D eigenvalue weighted by Crippen LogP contribution is 2.35. The van der Waals surface area contributed by atoms with E-state index in [1.807, 2.05) is 6.07 Å². The van der Waals surface area contributed by atoms with Crippen molar-refractivity contribution in [3.05, 3.63) is 71.8 Å². The van der Waals surface area contributed by atoms with Gasteiger partial charge < -0.3 is 0 Å². The summed E-state index contributed by atoms with van der Waals surface area (Å²) in [5.41, 5.74) is 6.12. The summed E-state index contributed by atoms with van der Waals surface area (Å²) < 4.78 is 0. The largest absolute Gasteiger partial charge is 0.257 e. The second-order valence-corrected chi connectivity index (χ2v) is 4.58. The fourth-order valence-corrected chi connectivity index (χ4v) is 2.35. The van der Waals surface area contributed by atoms with Crippen LogP contribution in [-0.4, -0.2) is 5.71 Å². The maximum atomic E-state index is 4.71. The molecule has 0 saturated carbocycles. The van der Waals surface area contributed by atoms with Gasteiger partial charge in [-0.15, -0.1) is 0 Å². The molecule has 0 N–H and O–H groups in total. The molecule has 2 aromatic rings. The Bertz CT molecular complexity index is 607. The zero-order valence-electron chi connectivity index (χ0n) is 10.4.